The minimum Gasteiger partial charge on any atom is -0.394 e. The van der Waals surface area contributed by atoms with Gasteiger partial charge in [-0.3, -0.25) is 4.79 Å². The number of unbranched alkanes of at least 4 members (excludes halogenated alkanes) is 33. The van der Waals surface area contributed by atoms with Gasteiger partial charge in [-0.2, -0.15) is 0 Å². The molecule has 0 aromatic rings. The van der Waals surface area contributed by atoms with Gasteiger partial charge in [0.1, 0.15) is 73.2 Å². The van der Waals surface area contributed by atoms with Gasteiger partial charge in [0.2, 0.25) is 5.91 Å². The first-order valence-corrected chi connectivity index (χ1v) is 35.9. The van der Waals surface area contributed by atoms with Gasteiger partial charge < -0.3 is 89.9 Å². The lowest BCUT2D eigenvalue weighted by atomic mass is 9.96. The van der Waals surface area contributed by atoms with Gasteiger partial charge in [0.05, 0.1) is 38.6 Å². The number of hydrogen-bond donors (Lipinski definition) is 12. The fraction of sp³-hybridized carbons (Fsp3) is 0.873. The maximum atomic E-state index is 13.3. The molecule has 3 aliphatic rings. The monoisotopic (exact) mass is 1280 g/mol. The predicted molar refractivity (Wildman–Crippen MR) is 351 cm³/mol. The molecular formula is C71H129NO18. The first kappa shape index (κ1) is 82.0. The Kier molecular flexibility index (Phi) is 48.2. The molecule has 0 bridgehead atoms. The van der Waals surface area contributed by atoms with Crippen molar-refractivity contribution in [2.45, 2.75) is 369 Å². The number of amides is 1. The Morgan fingerprint density at radius 2 is 0.767 bits per heavy atom. The van der Waals surface area contributed by atoms with Crippen molar-refractivity contribution < 1.29 is 89.4 Å². The van der Waals surface area contributed by atoms with E-state index in [4.69, 9.17) is 28.4 Å². The second-order valence-electron chi connectivity index (χ2n) is 25.7. The highest BCUT2D eigenvalue weighted by molar-refractivity contribution is 5.76. The van der Waals surface area contributed by atoms with Crippen LogP contribution >= 0.6 is 0 Å². The van der Waals surface area contributed by atoms with Crippen molar-refractivity contribution in [1.29, 1.82) is 0 Å². The summed E-state index contributed by atoms with van der Waals surface area (Å²) in [6, 6.07) is -0.998. The number of ether oxygens (including phenoxy) is 6. The smallest absolute Gasteiger partial charge is 0.220 e. The van der Waals surface area contributed by atoms with E-state index in [-0.39, 0.29) is 18.9 Å². The Labute approximate surface area is 542 Å². The number of rotatable bonds is 55. The van der Waals surface area contributed by atoms with Crippen LogP contribution in [-0.4, -0.2) is 193 Å². The van der Waals surface area contributed by atoms with E-state index in [0.29, 0.717) is 12.8 Å². The van der Waals surface area contributed by atoms with Crippen LogP contribution in [0.4, 0.5) is 0 Å². The fourth-order valence-corrected chi connectivity index (χ4v) is 12.0. The molecule has 0 spiro atoms. The topological polar surface area (TPSA) is 307 Å². The minimum atomic E-state index is -1.98. The molecule has 0 aliphatic carbocycles. The third-order valence-corrected chi connectivity index (χ3v) is 17.8. The molecule has 3 aliphatic heterocycles. The number of allylic oxidation sites excluding steroid dienone is 7. The molecule has 3 heterocycles. The predicted octanol–water partition coefficient (Wildman–Crippen LogP) is 9.78. The molecule has 0 radical (unpaired) electrons. The van der Waals surface area contributed by atoms with E-state index in [1.54, 1.807) is 6.08 Å². The summed E-state index contributed by atoms with van der Waals surface area (Å²) in [4.78, 5) is 13.3. The summed E-state index contributed by atoms with van der Waals surface area (Å²) >= 11 is 0. The zero-order chi connectivity index (χ0) is 65.4. The first-order valence-electron chi connectivity index (χ1n) is 35.9. The van der Waals surface area contributed by atoms with Crippen LogP contribution in [0.2, 0.25) is 0 Å². The van der Waals surface area contributed by atoms with Gasteiger partial charge in [-0.15, -0.1) is 0 Å². The molecule has 19 heteroatoms. The van der Waals surface area contributed by atoms with Crippen LogP contribution in [0.15, 0.2) is 48.6 Å². The highest BCUT2D eigenvalue weighted by atomic mass is 16.8. The van der Waals surface area contributed by atoms with Crippen molar-refractivity contribution in [2.75, 3.05) is 26.4 Å². The molecule has 3 saturated heterocycles. The zero-order valence-corrected chi connectivity index (χ0v) is 55.6. The molecule has 3 rings (SSSR count). The van der Waals surface area contributed by atoms with E-state index >= 15 is 0 Å². The Morgan fingerprint density at radius 3 is 1.22 bits per heavy atom. The van der Waals surface area contributed by atoms with Crippen LogP contribution in [-0.2, 0) is 33.2 Å². The summed E-state index contributed by atoms with van der Waals surface area (Å²) in [5.74, 6) is -0.300. The zero-order valence-electron chi connectivity index (χ0n) is 55.6. The van der Waals surface area contributed by atoms with Crippen LogP contribution < -0.4 is 5.32 Å². The number of aliphatic hydroxyl groups is 11. The number of carbonyl (C=O) groups excluding carboxylic acids is 1. The quantitative estimate of drug-likeness (QED) is 0.0199. The summed E-state index contributed by atoms with van der Waals surface area (Å²) < 4.78 is 34.3. The molecule has 0 aromatic heterocycles. The molecule has 17 atom stereocenters. The maximum absolute atomic E-state index is 13.3. The summed E-state index contributed by atoms with van der Waals surface area (Å²) in [6.45, 7) is 1.64. The lowest BCUT2D eigenvalue weighted by Gasteiger charge is -2.48. The molecule has 12 N–H and O–H groups in total. The van der Waals surface area contributed by atoms with E-state index in [1.807, 2.05) is 6.08 Å². The summed E-state index contributed by atoms with van der Waals surface area (Å²) in [7, 11) is 0. The lowest BCUT2D eigenvalue weighted by Crippen LogP contribution is -2.66. The van der Waals surface area contributed by atoms with E-state index in [1.165, 1.54) is 161 Å². The van der Waals surface area contributed by atoms with Crippen molar-refractivity contribution in [3.8, 4) is 0 Å². The Bertz CT molecular complexity index is 1820. The minimum absolute atomic E-state index is 0.218. The van der Waals surface area contributed by atoms with E-state index in [9.17, 15) is 61.0 Å². The van der Waals surface area contributed by atoms with Crippen LogP contribution in [0, 0.1) is 0 Å². The van der Waals surface area contributed by atoms with E-state index in [2.05, 4.69) is 55.6 Å². The Balaban J connectivity index is 1.39. The third kappa shape index (κ3) is 34.4. The molecule has 3 fully saturated rings. The van der Waals surface area contributed by atoms with Crippen molar-refractivity contribution in [1.82, 2.24) is 5.32 Å². The van der Waals surface area contributed by atoms with Crippen molar-refractivity contribution >= 4 is 5.91 Å². The van der Waals surface area contributed by atoms with Crippen molar-refractivity contribution in [3.63, 3.8) is 0 Å². The molecule has 0 aromatic carbocycles. The second kappa shape index (κ2) is 53.0. The normalized spacial score (nSPS) is 28.3. The number of nitrogens with one attached hydrogen (secondary N) is 1. The van der Waals surface area contributed by atoms with Crippen LogP contribution in [0.1, 0.15) is 264 Å². The van der Waals surface area contributed by atoms with Crippen molar-refractivity contribution in [2.24, 2.45) is 0 Å². The number of aliphatic hydroxyl groups excluding tert-OH is 11. The molecule has 17 unspecified atom stereocenters. The summed E-state index contributed by atoms with van der Waals surface area (Å²) in [6.07, 6.45) is 37.0. The highest BCUT2D eigenvalue weighted by Gasteiger charge is 2.53. The molecule has 19 nitrogen and oxygen atoms in total. The van der Waals surface area contributed by atoms with Crippen molar-refractivity contribution in [3.05, 3.63) is 48.6 Å². The largest absolute Gasteiger partial charge is 0.394 e. The lowest BCUT2D eigenvalue weighted by molar-refractivity contribution is -0.379. The first-order chi connectivity index (χ1) is 43.8. The van der Waals surface area contributed by atoms with Gasteiger partial charge in [-0.25, -0.2) is 0 Å². The molecule has 526 valence electrons. The van der Waals surface area contributed by atoms with Crippen LogP contribution in [0.5, 0.6) is 0 Å². The molecule has 1 amide bonds. The van der Waals surface area contributed by atoms with Gasteiger partial charge >= 0.3 is 0 Å². The van der Waals surface area contributed by atoms with Gasteiger partial charge in [0, 0.05) is 6.42 Å². The summed E-state index contributed by atoms with van der Waals surface area (Å²) in [5.41, 5.74) is 0. The Hall–Kier alpha value is -2.25. The SMILES string of the molecule is CCC/C=C\C/C=C\CCCCCCCC(=O)NC(COC1OC(CO)C(OC2OC(CO)C(OC3OC(CO)C(O)C(O)C3O)C(O)C2O)C(O)C1O)C(O)/C=C/CC/C=C/CCCCCCCCCCCCCCCCCCCCCCCCCCCC. The van der Waals surface area contributed by atoms with Gasteiger partial charge in [0.25, 0.3) is 0 Å². The van der Waals surface area contributed by atoms with Gasteiger partial charge in [-0.1, -0.05) is 249 Å². The van der Waals surface area contributed by atoms with Crippen LogP contribution in [0.3, 0.4) is 0 Å². The fourth-order valence-electron chi connectivity index (χ4n) is 12.0. The van der Waals surface area contributed by atoms with Crippen LogP contribution in [0.25, 0.3) is 0 Å². The van der Waals surface area contributed by atoms with Gasteiger partial charge in [-0.05, 0) is 57.8 Å². The summed E-state index contributed by atoms with van der Waals surface area (Å²) in [5, 5.41) is 120. The average molecular weight is 1280 g/mol. The highest BCUT2D eigenvalue weighted by Crippen LogP contribution is 2.33. The molecule has 0 saturated carbocycles. The standard InChI is InChI=1S/C71H129NO18/c1-3-5-7-9-11-13-15-17-18-19-20-21-22-23-24-25-26-27-28-29-30-31-32-33-34-35-37-38-40-42-44-46-48-55(76)54(72-59(77)49-47-45-43-41-39-36-16-14-12-10-8-6-4-2)53-85-69-65(83)62(80)67(57(51-74)87-69)90-71-66(84)63(81)68(58(52-75)88-71)89-70-64(82)61(79)60(78)56(50-73)86-70/h8,10,14,16,38,40,46,48,54-58,60-71,73-76,78-84H,3-7,9,11-13,15,17-37,39,41-45,47,49-53H2,1-2H3,(H,72,77)/b10-8-,16-14-,40-38+,48-46+. The number of hydrogen-bond acceptors (Lipinski definition) is 18. The molecular weight excluding hydrogens is 1150 g/mol. The van der Waals surface area contributed by atoms with Gasteiger partial charge in [0.15, 0.2) is 18.9 Å². The second-order valence-corrected chi connectivity index (χ2v) is 25.7. The maximum Gasteiger partial charge on any atom is 0.220 e. The average Bonchev–Trinajstić information content (AvgIpc) is 0.851. The third-order valence-electron chi connectivity index (χ3n) is 17.8. The molecule has 90 heavy (non-hydrogen) atoms. The van der Waals surface area contributed by atoms with E-state index in [0.717, 1.165) is 70.6 Å². The number of carbonyl (C=O) groups is 1. The van der Waals surface area contributed by atoms with E-state index < -0.39 is 124 Å². The Morgan fingerprint density at radius 1 is 0.400 bits per heavy atom.